The number of halogens is 1. The number of para-hydroxylation sites is 3. The van der Waals surface area contributed by atoms with Gasteiger partial charge in [0.05, 0.1) is 12.8 Å². The van der Waals surface area contributed by atoms with Crippen molar-refractivity contribution in [1.82, 2.24) is 9.47 Å². The number of rotatable bonds is 6. The van der Waals surface area contributed by atoms with E-state index in [2.05, 4.69) is 33.9 Å². The summed E-state index contributed by atoms with van der Waals surface area (Å²) in [6, 6.07) is 22.8. The van der Waals surface area contributed by atoms with Crippen molar-refractivity contribution in [3.8, 4) is 5.75 Å². The van der Waals surface area contributed by atoms with E-state index in [0.717, 1.165) is 46.6 Å². The van der Waals surface area contributed by atoms with Gasteiger partial charge in [-0.2, -0.15) is 0 Å². The molecule has 2 heterocycles. The summed E-state index contributed by atoms with van der Waals surface area (Å²) in [6.45, 7) is 2.76. The van der Waals surface area contributed by atoms with Gasteiger partial charge in [-0.25, -0.2) is 4.39 Å². The molecule has 1 aromatic heterocycles. The SMILES string of the molecule is COc1ccccc1N1CCN(C(=O)C[C@H](c2cccc(F)c2)c2cn(C)c3ccccc23)CC1. The number of benzene rings is 3. The molecule has 5 rings (SSSR count). The highest BCUT2D eigenvalue weighted by molar-refractivity contribution is 5.86. The van der Waals surface area contributed by atoms with Crippen LogP contribution < -0.4 is 9.64 Å². The summed E-state index contributed by atoms with van der Waals surface area (Å²) in [7, 11) is 3.69. The van der Waals surface area contributed by atoms with Gasteiger partial charge in [0.1, 0.15) is 11.6 Å². The molecule has 1 aliphatic rings. The molecule has 0 aliphatic carbocycles. The van der Waals surface area contributed by atoms with Crippen molar-refractivity contribution in [3.63, 3.8) is 0 Å². The molecule has 0 N–H and O–H groups in total. The largest absolute Gasteiger partial charge is 0.495 e. The van der Waals surface area contributed by atoms with E-state index in [0.29, 0.717) is 19.5 Å². The number of nitrogens with zero attached hydrogens (tertiary/aromatic N) is 3. The van der Waals surface area contributed by atoms with Gasteiger partial charge in [-0.3, -0.25) is 4.79 Å². The van der Waals surface area contributed by atoms with Crippen LogP contribution in [0.4, 0.5) is 10.1 Å². The highest BCUT2D eigenvalue weighted by atomic mass is 19.1. The molecule has 1 fully saturated rings. The first-order valence-corrected chi connectivity index (χ1v) is 12.0. The molecule has 3 aromatic carbocycles. The smallest absolute Gasteiger partial charge is 0.223 e. The Hall–Kier alpha value is -3.80. The molecule has 0 unspecified atom stereocenters. The first kappa shape index (κ1) is 23.0. The first-order valence-electron chi connectivity index (χ1n) is 12.0. The molecule has 180 valence electrons. The Balaban J connectivity index is 1.38. The molecular weight excluding hydrogens is 441 g/mol. The molecule has 5 nitrogen and oxygen atoms in total. The molecule has 35 heavy (non-hydrogen) atoms. The number of hydrogen-bond acceptors (Lipinski definition) is 3. The Bertz CT molecular complexity index is 1340. The van der Waals surface area contributed by atoms with Gasteiger partial charge in [0.25, 0.3) is 0 Å². The lowest BCUT2D eigenvalue weighted by atomic mass is 9.87. The number of methoxy groups -OCH3 is 1. The molecule has 1 amide bonds. The zero-order valence-corrected chi connectivity index (χ0v) is 20.2. The maximum atomic E-state index is 14.2. The molecule has 1 atom stereocenters. The van der Waals surface area contributed by atoms with Crippen LogP contribution in [0.2, 0.25) is 0 Å². The van der Waals surface area contributed by atoms with Crippen LogP contribution in [0, 0.1) is 5.82 Å². The van der Waals surface area contributed by atoms with E-state index in [1.807, 2.05) is 48.3 Å². The second-order valence-electron chi connectivity index (χ2n) is 9.06. The summed E-state index contributed by atoms with van der Waals surface area (Å²) in [5, 5.41) is 1.10. The minimum absolute atomic E-state index is 0.0897. The number of hydrogen-bond donors (Lipinski definition) is 0. The van der Waals surface area contributed by atoms with Gasteiger partial charge in [-0.05, 0) is 41.5 Å². The van der Waals surface area contributed by atoms with Crippen LogP contribution in [0.1, 0.15) is 23.5 Å². The average molecular weight is 472 g/mol. The van der Waals surface area contributed by atoms with E-state index in [1.54, 1.807) is 19.2 Å². The Kier molecular flexibility index (Phi) is 6.45. The molecule has 0 spiro atoms. The molecular formula is C29H30FN3O2. The Morgan fingerprint density at radius 3 is 2.49 bits per heavy atom. The first-order chi connectivity index (χ1) is 17.0. The standard InChI is InChI=1S/C29H30FN3O2/c1-31-20-25(23-10-3-4-11-26(23)31)24(21-8-7-9-22(30)18-21)19-29(34)33-16-14-32(15-17-33)27-12-5-6-13-28(27)35-2/h3-13,18,20,24H,14-17,19H2,1-2H3/t24-/m1/s1. The van der Waals surface area contributed by atoms with Crippen molar-refractivity contribution in [3.05, 3.63) is 95.9 Å². The van der Waals surface area contributed by atoms with Crippen LogP contribution in [-0.4, -0.2) is 48.7 Å². The third kappa shape index (κ3) is 4.61. The molecule has 4 aromatic rings. The number of piperazine rings is 1. The fourth-order valence-electron chi connectivity index (χ4n) is 5.17. The van der Waals surface area contributed by atoms with Crippen molar-refractivity contribution in [2.75, 3.05) is 38.2 Å². The fourth-order valence-corrected chi connectivity index (χ4v) is 5.17. The monoisotopic (exact) mass is 471 g/mol. The van der Waals surface area contributed by atoms with E-state index in [1.165, 1.54) is 6.07 Å². The zero-order valence-electron chi connectivity index (χ0n) is 20.2. The third-order valence-electron chi connectivity index (χ3n) is 6.99. The summed E-state index contributed by atoms with van der Waals surface area (Å²) in [5.74, 6) is 0.420. The van der Waals surface area contributed by atoms with Crippen molar-refractivity contribution < 1.29 is 13.9 Å². The van der Waals surface area contributed by atoms with Crippen LogP contribution in [0.25, 0.3) is 10.9 Å². The Labute approximate surface area is 205 Å². The molecule has 6 heteroatoms. The lowest BCUT2D eigenvalue weighted by molar-refractivity contribution is -0.131. The number of aryl methyl sites for hydroxylation is 1. The maximum Gasteiger partial charge on any atom is 0.223 e. The average Bonchev–Trinajstić information content (AvgIpc) is 3.23. The number of fused-ring (bicyclic) bond motifs is 1. The van der Waals surface area contributed by atoms with E-state index in [-0.39, 0.29) is 17.6 Å². The minimum Gasteiger partial charge on any atom is -0.495 e. The summed E-state index contributed by atoms with van der Waals surface area (Å²) in [4.78, 5) is 17.7. The summed E-state index contributed by atoms with van der Waals surface area (Å²) >= 11 is 0. The predicted octanol–water partition coefficient (Wildman–Crippen LogP) is 5.20. The molecule has 1 aliphatic heterocycles. The maximum absolute atomic E-state index is 14.2. The number of aromatic nitrogens is 1. The van der Waals surface area contributed by atoms with Crippen LogP contribution in [0.15, 0.2) is 79.0 Å². The molecule has 0 saturated carbocycles. The quantitative estimate of drug-likeness (QED) is 0.388. The van der Waals surface area contributed by atoms with Crippen LogP contribution >= 0.6 is 0 Å². The van der Waals surface area contributed by atoms with Gasteiger partial charge in [0.15, 0.2) is 0 Å². The van der Waals surface area contributed by atoms with Crippen LogP contribution in [0.5, 0.6) is 5.75 Å². The normalized spacial score (nSPS) is 14.8. The predicted molar refractivity (Wildman–Crippen MR) is 138 cm³/mol. The highest BCUT2D eigenvalue weighted by Crippen LogP contribution is 2.35. The van der Waals surface area contributed by atoms with E-state index >= 15 is 0 Å². The van der Waals surface area contributed by atoms with Crippen molar-refractivity contribution in [2.45, 2.75) is 12.3 Å². The summed E-state index contributed by atoms with van der Waals surface area (Å²) in [6.07, 6.45) is 2.37. The molecule has 1 saturated heterocycles. The number of carbonyl (C=O) groups excluding carboxylic acids is 1. The summed E-state index contributed by atoms with van der Waals surface area (Å²) < 4.78 is 21.8. The highest BCUT2D eigenvalue weighted by Gasteiger charge is 2.28. The van der Waals surface area contributed by atoms with Crippen LogP contribution in [-0.2, 0) is 11.8 Å². The van der Waals surface area contributed by atoms with Gasteiger partial charge < -0.3 is 19.1 Å². The fraction of sp³-hybridized carbons (Fsp3) is 0.276. The number of carbonyl (C=O) groups is 1. The van der Waals surface area contributed by atoms with Crippen molar-refractivity contribution >= 4 is 22.5 Å². The zero-order chi connectivity index (χ0) is 24.4. The van der Waals surface area contributed by atoms with E-state index in [4.69, 9.17) is 4.74 Å². The van der Waals surface area contributed by atoms with E-state index < -0.39 is 0 Å². The molecule has 0 radical (unpaired) electrons. The number of amides is 1. The van der Waals surface area contributed by atoms with E-state index in [9.17, 15) is 9.18 Å². The second kappa shape index (κ2) is 9.82. The number of anilines is 1. The lowest BCUT2D eigenvalue weighted by Gasteiger charge is -2.37. The topological polar surface area (TPSA) is 37.7 Å². The van der Waals surface area contributed by atoms with Gasteiger partial charge in [-0.1, -0.05) is 42.5 Å². The van der Waals surface area contributed by atoms with Gasteiger partial charge in [0.2, 0.25) is 5.91 Å². The Morgan fingerprint density at radius 1 is 0.971 bits per heavy atom. The number of ether oxygens (including phenoxy) is 1. The summed E-state index contributed by atoms with van der Waals surface area (Å²) in [5.41, 5.74) is 4.02. The molecule has 0 bridgehead atoms. The minimum atomic E-state index is -0.286. The van der Waals surface area contributed by atoms with Crippen molar-refractivity contribution in [2.24, 2.45) is 7.05 Å². The van der Waals surface area contributed by atoms with Gasteiger partial charge in [-0.15, -0.1) is 0 Å². The Morgan fingerprint density at radius 2 is 1.71 bits per heavy atom. The van der Waals surface area contributed by atoms with Gasteiger partial charge >= 0.3 is 0 Å². The van der Waals surface area contributed by atoms with Crippen LogP contribution in [0.3, 0.4) is 0 Å². The van der Waals surface area contributed by atoms with Crippen molar-refractivity contribution in [1.29, 1.82) is 0 Å². The lowest BCUT2D eigenvalue weighted by Crippen LogP contribution is -2.49. The third-order valence-corrected chi connectivity index (χ3v) is 6.99. The second-order valence-corrected chi connectivity index (χ2v) is 9.06. The van der Waals surface area contributed by atoms with Gasteiger partial charge in [0, 0.05) is 62.7 Å².